The molecule has 0 saturated heterocycles. The van der Waals surface area contributed by atoms with E-state index in [0.717, 1.165) is 4.57 Å². The molecule has 184 valence electrons. The number of aromatic amines is 1. The number of aromatic nitrogens is 4. The highest BCUT2D eigenvalue weighted by Crippen LogP contribution is 2.30. The molecule has 36 heavy (non-hydrogen) atoms. The van der Waals surface area contributed by atoms with E-state index in [0.29, 0.717) is 27.7 Å². The number of amides is 1. The first-order valence-electron chi connectivity index (χ1n) is 11.4. The summed E-state index contributed by atoms with van der Waals surface area (Å²) in [6, 6.07) is 11.1. The Morgan fingerprint density at radius 1 is 1.14 bits per heavy atom. The Hall–Kier alpha value is -3.96. The summed E-state index contributed by atoms with van der Waals surface area (Å²) in [5.41, 5.74) is 1.23. The molecular weight excluding hydrogens is 477 g/mol. The van der Waals surface area contributed by atoms with Gasteiger partial charge in [0.15, 0.2) is 7.28 Å². The molecule has 1 aliphatic heterocycles. The number of nitrogens with one attached hydrogen (secondary N) is 1. The zero-order valence-corrected chi connectivity index (χ0v) is 19.2. The second kappa shape index (κ2) is 8.92. The van der Waals surface area contributed by atoms with E-state index in [2.05, 4.69) is 15.2 Å². The van der Waals surface area contributed by atoms with Crippen LogP contribution in [0.4, 0.5) is 17.6 Å². The number of hydrogen-bond donors (Lipinski definition) is 1. The summed E-state index contributed by atoms with van der Waals surface area (Å²) in [5.74, 6) is -2.32. The van der Waals surface area contributed by atoms with E-state index in [1.54, 1.807) is 31.1 Å². The number of benzene rings is 2. The Bertz CT molecular complexity index is 1550. The fourth-order valence-electron chi connectivity index (χ4n) is 4.62. The number of imidazole rings is 1. The van der Waals surface area contributed by atoms with Crippen LogP contribution in [0.25, 0.3) is 10.8 Å². The Morgan fingerprint density at radius 2 is 1.89 bits per heavy atom. The van der Waals surface area contributed by atoms with Crippen LogP contribution in [0.1, 0.15) is 33.1 Å². The quantitative estimate of drug-likeness (QED) is 0.347. The van der Waals surface area contributed by atoms with Gasteiger partial charge in [-0.05, 0) is 23.8 Å². The van der Waals surface area contributed by atoms with Gasteiger partial charge < -0.3 is 9.47 Å². The summed E-state index contributed by atoms with van der Waals surface area (Å²) >= 11 is 0. The fraction of sp³-hybridized carbons (Fsp3) is 0.250. The smallest absolute Gasteiger partial charge is 0.331 e. The molecule has 0 atom stereocenters. The SMILES string of the molecule is CBc1nc(C(F)(F)F)n2c1CN(C(=O)c1cc(Cc3n[nH]c(=O)c4ccccc34)ccc1F)CC2. The summed E-state index contributed by atoms with van der Waals surface area (Å²) in [6.45, 7) is 1.50. The molecule has 12 heteroatoms. The third kappa shape index (κ3) is 4.16. The minimum absolute atomic E-state index is 0.00971. The number of halogens is 4. The van der Waals surface area contributed by atoms with Crippen molar-refractivity contribution in [2.75, 3.05) is 6.54 Å². The Kier molecular flexibility index (Phi) is 5.89. The molecule has 7 nitrogen and oxygen atoms in total. The average Bonchev–Trinajstić information content (AvgIpc) is 3.25. The molecule has 0 spiro atoms. The highest BCUT2D eigenvalue weighted by molar-refractivity contribution is 6.51. The van der Waals surface area contributed by atoms with Crippen molar-refractivity contribution in [1.29, 1.82) is 0 Å². The van der Waals surface area contributed by atoms with Gasteiger partial charge in [0.05, 0.1) is 28.9 Å². The molecule has 2 aromatic heterocycles. The number of fused-ring (bicyclic) bond motifs is 2. The summed E-state index contributed by atoms with van der Waals surface area (Å²) in [4.78, 5) is 30.4. The van der Waals surface area contributed by atoms with Crippen LogP contribution in [0.5, 0.6) is 0 Å². The van der Waals surface area contributed by atoms with E-state index < -0.39 is 23.7 Å². The molecule has 0 bridgehead atoms. The minimum Gasteiger partial charge on any atom is -0.331 e. The summed E-state index contributed by atoms with van der Waals surface area (Å²) in [6.07, 6.45) is -4.37. The van der Waals surface area contributed by atoms with Gasteiger partial charge in [-0.2, -0.15) is 18.3 Å². The van der Waals surface area contributed by atoms with Gasteiger partial charge in [0, 0.05) is 30.5 Å². The number of hydrogen-bond acceptors (Lipinski definition) is 4. The van der Waals surface area contributed by atoms with Crippen molar-refractivity contribution in [3.8, 4) is 0 Å². The van der Waals surface area contributed by atoms with Crippen molar-refractivity contribution in [2.24, 2.45) is 0 Å². The number of nitrogens with zero attached hydrogens (tertiary/aromatic N) is 4. The third-order valence-corrected chi connectivity index (χ3v) is 6.37. The maximum atomic E-state index is 14.7. The topological polar surface area (TPSA) is 83.9 Å². The molecule has 0 fully saturated rings. The van der Waals surface area contributed by atoms with Crippen LogP contribution in [0.2, 0.25) is 6.82 Å². The lowest BCUT2D eigenvalue weighted by atomic mass is 9.76. The van der Waals surface area contributed by atoms with E-state index in [-0.39, 0.29) is 50.1 Å². The molecule has 0 saturated carbocycles. The van der Waals surface area contributed by atoms with E-state index in [4.69, 9.17) is 0 Å². The highest BCUT2D eigenvalue weighted by atomic mass is 19.4. The second-order valence-electron chi connectivity index (χ2n) is 8.59. The maximum Gasteiger partial charge on any atom is 0.449 e. The zero-order valence-electron chi connectivity index (χ0n) is 19.2. The van der Waals surface area contributed by atoms with Gasteiger partial charge in [-0.25, -0.2) is 14.5 Å². The van der Waals surface area contributed by atoms with Crippen LogP contribution in [-0.2, 0) is 25.7 Å². The number of alkyl halides is 3. The molecule has 5 rings (SSSR count). The predicted molar refractivity (Wildman–Crippen MR) is 126 cm³/mol. The lowest BCUT2D eigenvalue weighted by Gasteiger charge is -2.30. The standard InChI is InChI=1S/C24H20BF4N5O2/c1-25-20-19-12-33(8-9-34(19)23(30-20)24(27,28)29)22(36)16-10-13(6-7-17(16)26)11-18-14-4-2-3-5-15(14)21(35)32-31-18/h2-7,10,25H,8-9,11-12H2,1H3,(H,32,35). The van der Waals surface area contributed by atoms with Crippen LogP contribution < -0.4 is 11.2 Å². The average molecular weight is 497 g/mol. The summed E-state index contributed by atoms with van der Waals surface area (Å²) < 4.78 is 56.1. The lowest BCUT2D eigenvalue weighted by Crippen LogP contribution is -2.41. The normalized spacial score (nSPS) is 13.6. The van der Waals surface area contributed by atoms with Crippen molar-refractivity contribution in [1.82, 2.24) is 24.6 Å². The molecule has 3 heterocycles. The van der Waals surface area contributed by atoms with E-state index in [1.165, 1.54) is 23.1 Å². The van der Waals surface area contributed by atoms with Crippen molar-refractivity contribution in [3.63, 3.8) is 0 Å². The molecule has 4 aromatic rings. The van der Waals surface area contributed by atoms with Crippen LogP contribution >= 0.6 is 0 Å². The number of rotatable bonds is 4. The van der Waals surface area contributed by atoms with Crippen molar-refractivity contribution >= 4 is 29.6 Å². The lowest BCUT2D eigenvalue weighted by molar-refractivity contribution is -0.147. The van der Waals surface area contributed by atoms with E-state index in [1.807, 2.05) is 0 Å². The Balaban J connectivity index is 1.44. The molecule has 0 aliphatic carbocycles. The van der Waals surface area contributed by atoms with Gasteiger partial charge in [-0.1, -0.05) is 31.1 Å². The van der Waals surface area contributed by atoms with Gasteiger partial charge in [-0.3, -0.25) is 9.59 Å². The number of carbonyl (C=O) groups is 1. The first kappa shape index (κ1) is 23.8. The first-order valence-corrected chi connectivity index (χ1v) is 11.4. The van der Waals surface area contributed by atoms with Crippen LogP contribution in [0.15, 0.2) is 47.3 Å². The molecule has 0 radical (unpaired) electrons. The van der Waals surface area contributed by atoms with Crippen molar-refractivity contribution in [3.05, 3.63) is 87.0 Å². The molecular formula is C24H20BF4N5O2. The summed E-state index contributed by atoms with van der Waals surface area (Å²) in [7, 11) is 0.275. The summed E-state index contributed by atoms with van der Waals surface area (Å²) in [5, 5.41) is 7.70. The van der Waals surface area contributed by atoms with Gasteiger partial charge in [0.2, 0.25) is 5.82 Å². The van der Waals surface area contributed by atoms with Gasteiger partial charge in [0.25, 0.3) is 11.5 Å². The molecule has 1 amide bonds. The van der Waals surface area contributed by atoms with Gasteiger partial charge in [0.1, 0.15) is 5.82 Å². The fourth-order valence-corrected chi connectivity index (χ4v) is 4.62. The van der Waals surface area contributed by atoms with Gasteiger partial charge >= 0.3 is 6.18 Å². The highest BCUT2D eigenvalue weighted by Gasteiger charge is 2.40. The number of H-pyrrole nitrogens is 1. The van der Waals surface area contributed by atoms with E-state index in [9.17, 15) is 27.2 Å². The van der Waals surface area contributed by atoms with Crippen molar-refractivity contribution in [2.45, 2.75) is 32.5 Å². The predicted octanol–water partition coefficient (Wildman–Crippen LogP) is 2.63. The zero-order chi connectivity index (χ0) is 25.6. The first-order chi connectivity index (χ1) is 17.2. The number of carbonyl (C=O) groups excluding carboxylic acids is 1. The second-order valence-corrected chi connectivity index (χ2v) is 8.59. The molecule has 2 aromatic carbocycles. The van der Waals surface area contributed by atoms with Crippen molar-refractivity contribution < 1.29 is 22.4 Å². The Labute approximate surface area is 203 Å². The monoisotopic (exact) mass is 497 g/mol. The van der Waals surface area contributed by atoms with Crippen LogP contribution in [-0.4, -0.2) is 44.4 Å². The van der Waals surface area contributed by atoms with Gasteiger partial charge in [-0.15, -0.1) is 0 Å². The van der Waals surface area contributed by atoms with Crippen LogP contribution in [0, 0.1) is 5.82 Å². The minimum atomic E-state index is -4.60. The molecule has 0 unspecified atom stereocenters. The van der Waals surface area contributed by atoms with E-state index >= 15 is 0 Å². The molecule has 1 N–H and O–H groups in total. The third-order valence-electron chi connectivity index (χ3n) is 6.37. The van der Waals surface area contributed by atoms with Crippen LogP contribution in [0.3, 0.4) is 0 Å². The molecule has 1 aliphatic rings. The maximum absolute atomic E-state index is 14.7. The Morgan fingerprint density at radius 3 is 2.61 bits per heavy atom. The largest absolute Gasteiger partial charge is 0.449 e.